The Morgan fingerprint density at radius 2 is 1.56 bits per heavy atom. The van der Waals surface area contributed by atoms with Crippen molar-refractivity contribution in [2.45, 2.75) is 84.0 Å². The minimum Gasteiger partial charge on any atom is -0.317 e. The minimum atomic E-state index is -1.19. The Labute approximate surface area is 116 Å². The summed E-state index contributed by atoms with van der Waals surface area (Å²) in [6.45, 7) is 10.7. The zero-order valence-electron chi connectivity index (χ0n) is 13.0. The van der Waals surface area contributed by atoms with Gasteiger partial charge >= 0.3 is 0 Å². The fourth-order valence-corrected chi connectivity index (χ4v) is 7.95. The van der Waals surface area contributed by atoms with E-state index in [2.05, 4.69) is 44.4 Å². The van der Waals surface area contributed by atoms with Crippen molar-refractivity contribution in [1.29, 1.82) is 0 Å². The van der Waals surface area contributed by atoms with Crippen molar-refractivity contribution in [2.75, 3.05) is 6.54 Å². The van der Waals surface area contributed by atoms with Crippen LogP contribution in [-0.2, 0) is 0 Å². The number of allylic oxidation sites excluding steroid dienone is 1. The second-order valence-corrected chi connectivity index (χ2v) is 10.9. The van der Waals surface area contributed by atoms with Crippen LogP contribution in [0, 0.1) is 0 Å². The maximum Gasteiger partial charge on any atom is 0.128 e. The second kappa shape index (κ2) is 8.16. The van der Waals surface area contributed by atoms with Gasteiger partial charge in [0.1, 0.15) is 8.24 Å². The van der Waals surface area contributed by atoms with Crippen LogP contribution in [0.2, 0.25) is 18.1 Å². The summed E-state index contributed by atoms with van der Waals surface area (Å²) in [5, 5.41) is 0. The van der Waals surface area contributed by atoms with E-state index < -0.39 is 8.24 Å². The van der Waals surface area contributed by atoms with Crippen molar-refractivity contribution in [3.63, 3.8) is 0 Å². The van der Waals surface area contributed by atoms with E-state index >= 15 is 0 Å². The van der Waals surface area contributed by atoms with Gasteiger partial charge in [-0.25, -0.2) is 0 Å². The summed E-state index contributed by atoms with van der Waals surface area (Å²) in [4.78, 5) is 0. The van der Waals surface area contributed by atoms with E-state index in [1.807, 2.05) is 0 Å². The molecule has 0 aromatic carbocycles. The average Bonchev–Trinajstić information content (AvgIpc) is 2.45. The Bertz CT molecular complexity index is 231. The Balaban J connectivity index is 2.86. The van der Waals surface area contributed by atoms with Gasteiger partial charge in [-0.2, -0.15) is 0 Å². The molecule has 0 aliphatic heterocycles. The molecule has 1 aliphatic rings. The van der Waals surface area contributed by atoms with Gasteiger partial charge in [0, 0.05) is 12.6 Å². The van der Waals surface area contributed by atoms with E-state index in [0.29, 0.717) is 0 Å². The van der Waals surface area contributed by atoms with Crippen molar-refractivity contribution >= 4 is 8.24 Å². The van der Waals surface area contributed by atoms with Crippen LogP contribution in [0.25, 0.3) is 0 Å². The van der Waals surface area contributed by atoms with Gasteiger partial charge in [-0.15, -0.1) is 0 Å². The van der Waals surface area contributed by atoms with Crippen LogP contribution in [0.4, 0.5) is 0 Å². The summed E-state index contributed by atoms with van der Waals surface area (Å²) in [6, 6.07) is 5.16. The highest BCUT2D eigenvalue weighted by Crippen LogP contribution is 2.32. The highest BCUT2D eigenvalue weighted by atomic mass is 28.3. The molecule has 106 valence electrons. The highest BCUT2D eigenvalue weighted by molar-refractivity contribution is 6.77. The Kier molecular flexibility index (Phi) is 7.24. The summed E-state index contributed by atoms with van der Waals surface area (Å²) in [5.74, 6) is 0. The maximum absolute atomic E-state index is 2.98. The lowest BCUT2D eigenvalue weighted by Crippen LogP contribution is -2.57. The van der Waals surface area contributed by atoms with Crippen molar-refractivity contribution in [2.24, 2.45) is 0 Å². The molecule has 1 aliphatic carbocycles. The van der Waals surface area contributed by atoms with Crippen LogP contribution in [0.15, 0.2) is 12.2 Å². The standard InChI is InChI=1S/C16H33NSi/c1-5-9-15-17(16-13-11-10-12-14-16)18(6-2,7-3)8-4/h5,9,16H,6-8,10-15H2,1-4H3. The van der Waals surface area contributed by atoms with Crippen molar-refractivity contribution in [3.05, 3.63) is 12.2 Å². The molecular formula is C16H33NSi. The first-order valence-corrected chi connectivity index (χ1v) is 10.7. The molecule has 1 saturated carbocycles. The Hall–Kier alpha value is -0.0831. The number of hydrogen-bond acceptors (Lipinski definition) is 1. The Morgan fingerprint density at radius 3 is 2.00 bits per heavy atom. The molecule has 2 heteroatoms. The predicted octanol–water partition coefficient (Wildman–Crippen LogP) is 5.20. The molecule has 1 nitrogen and oxygen atoms in total. The van der Waals surface area contributed by atoms with Crippen LogP contribution < -0.4 is 0 Å². The molecule has 0 atom stereocenters. The average molecular weight is 268 g/mol. The molecule has 0 saturated heterocycles. The minimum absolute atomic E-state index is 0.890. The molecular weight excluding hydrogens is 234 g/mol. The van der Waals surface area contributed by atoms with E-state index in [1.54, 1.807) is 0 Å². The monoisotopic (exact) mass is 267 g/mol. The molecule has 0 aromatic rings. The third-order valence-electron chi connectivity index (χ3n) is 5.14. The largest absolute Gasteiger partial charge is 0.317 e. The lowest BCUT2D eigenvalue weighted by molar-refractivity contribution is 0.258. The van der Waals surface area contributed by atoms with Crippen LogP contribution in [0.3, 0.4) is 0 Å². The van der Waals surface area contributed by atoms with Gasteiger partial charge < -0.3 is 4.57 Å². The lowest BCUT2D eigenvalue weighted by Gasteiger charge is -2.46. The summed E-state index contributed by atoms with van der Waals surface area (Å²) in [5.41, 5.74) is 0. The molecule has 0 heterocycles. The smallest absolute Gasteiger partial charge is 0.128 e. The van der Waals surface area contributed by atoms with Gasteiger partial charge in [-0.3, -0.25) is 0 Å². The Morgan fingerprint density at radius 1 is 1.00 bits per heavy atom. The maximum atomic E-state index is 2.98. The summed E-state index contributed by atoms with van der Waals surface area (Å²) >= 11 is 0. The van der Waals surface area contributed by atoms with Crippen LogP contribution >= 0.6 is 0 Å². The van der Waals surface area contributed by atoms with Gasteiger partial charge in [0.15, 0.2) is 0 Å². The lowest BCUT2D eigenvalue weighted by atomic mass is 9.95. The first-order chi connectivity index (χ1) is 8.74. The topological polar surface area (TPSA) is 3.24 Å². The normalized spacial score (nSPS) is 18.9. The first kappa shape index (κ1) is 16.0. The third-order valence-corrected chi connectivity index (χ3v) is 10.9. The molecule has 0 aromatic heterocycles. The van der Waals surface area contributed by atoms with E-state index in [1.165, 1.54) is 56.8 Å². The third kappa shape index (κ3) is 3.71. The van der Waals surface area contributed by atoms with E-state index in [0.717, 1.165) is 6.04 Å². The molecule has 0 unspecified atom stereocenters. The SMILES string of the molecule is CC=CCN(C1CCCCC1)[Si](CC)(CC)CC. The zero-order chi connectivity index (χ0) is 13.4. The summed E-state index contributed by atoms with van der Waals surface area (Å²) in [7, 11) is -1.19. The van der Waals surface area contributed by atoms with E-state index in [9.17, 15) is 0 Å². The van der Waals surface area contributed by atoms with Crippen LogP contribution in [-0.4, -0.2) is 25.4 Å². The van der Waals surface area contributed by atoms with Crippen molar-refractivity contribution in [3.8, 4) is 0 Å². The van der Waals surface area contributed by atoms with Crippen LogP contribution in [0.1, 0.15) is 59.8 Å². The second-order valence-electron chi connectivity index (χ2n) is 5.80. The summed E-state index contributed by atoms with van der Waals surface area (Å²) < 4.78 is 2.98. The van der Waals surface area contributed by atoms with E-state index in [-0.39, 0.29) is 0 Å². The molecule has 1 fully saturated rings. The number of rotatable bonds is 7. The van der Waals surface area contributed by atoms with Crippen molar-refractivity contribution in [1.82, 2.24) is 4.57 Å². The van der Waals surface area contributed by atoms with Gasteiger partial charge in [0.2, 0.25) is 0 Å². The fraction of sp³-hybridized carbons (Fsp3) is 0.875. The zero-order valence-corrected chi connectivity index (χ0v) is 14.0. The molecule has 0 radical (unpaired) electrons. The van der Waals surface area contributed by atoms with E-state index in [4.69, 9.17) is 0 Å². The first-order valence-electron chi connectivity index (χ1n) is 8.12. The molecule has 0 amide bonds. The number of nitrogens with zero attached hydrogens (tertiary/aromatic N) is 1. The molecule has 1 rings (SSSR count). The van der Waals surface area contributed by atoms with Crippen LogP contribution in [0.5, 0.6) is 0 Å². The quantitative estimate of drug-likeness (QED) is 0.452. The van der Waals surface area contributed by atoms with Gasteiger partial charge in [0.25, 0.3) is 0 Å². The molecule has 0 spiro atoms. The number of hydrogen-bond donors (Lipinski definition) is 0. The fourth-order valence-electron chi connectivity index (χ4n) is 3.70. The van der Waals surface area contributed by atoms with Gasteiger partial charge in [-0.05, 0) is 37.9 Å². The van der Waals surface area contributed by atoms with Crippen molar-refractivity contribution < 1.29 is 0 Å². The predicted molar refractivity (Wildman–Crippen MR) is 85.6 cm³/mol. The van der Waals surface area contributed by atoms with Gasteiger partial charge in [-0.1, -0.05) is 52.2 Å². The summed E-state index contributed by atoms with van der Waals surface area (Å²) in [6.07, 6.45) is 11.9. The molecule has 18 heavy (non-hydrogen) atoms. The highest BCUT2D eigenvalue weighted by Gasteiger charge is 2.38. The molecule has 0 N–H and O–H groups in total. The molecule has 0 bridgehead atoms. The van der Waals surface area contributed by atoms with Gasteiger partial charge in [0.05, 0.1) is 0 Å².